The van der Waals surface area contributed by atoms with Crippen molar-refractivity contribution in [3.63, 3.8) is 0 Å². The molecule has 1 aromatic heterocycles. The summed E-state index contributed by atoms with van der Waals surface area (Å²) in [5.41, 5.74) is 7.49. The van der Waals surface area contributed by atoms with Crippen molar-refractivity contribution >= 4 is 39.8 Å². The van der Waals surface area contributed by atoms with Crippen molar-refractivity contribution in [1.82, 2.24) is 9.99 Å². The van der Waals surface area contributed by atoms with Crippen LogP contribution in [0.25, 0.3) is 5.69 Å². The van der Waals surface area contributed by atoms with Crippen molar-refractivity contribution in [2.45, 2.75) is 19.6 Å². The molecule has 0 fully saturated rings. The number of aromatic nitrogens is 1. The van der Waals surface area contributed by atoms with Gasteiger partial charge in [0, 0.05) is 32.9 Å². The lowest BCUT2D eigenvalue weighted by Gasteiger charge is -2.09. The minimum Gasteiger partial charge on any atom is -0.318 e. The lowest BCUT2D eigenvalue weighted by Crippen LogP contribution is -2.19. The number of nitrogens with one attached hydrogen (secondary N) is 1. The van der Waals surface area contributed by atoms with Gasteiger partial charge in [0.15, 0.2) is 0 Å². The molecule has 0 atom stereocenters. The zero-order chi connectivity index (χ0) is 20.8. The number of aryl methyl sites for hydroxylation is 1. The van der Waals surface area contributed by atoms with E-state index < -0.39 is 0 Å². The van der Waals surface area contributed by atoms with Gasteiger partial charge >= 0.3 is 0 Å². The fourth-order valence-electron chi connectivity index (χ4n) is 3.00. The standard InChI is InChI=1S/C22H21BrFN3OS/c1-15-10-18(16(2)27(15)21-8-6-20(24)7-9-21)12-25-26-22(28)14-29-13-17-4-3-5-19(23)11-17/h3-12H,13-14H2,1-2H3,(H,26,28)/b25-12+. The van der Waals surface area contributed by atoms with E-state index in [1.165, 1.54) is 23.9 Å². The van der Waals surface area contributed by atoms with Gasteiger partial charge in [-0.2, -0.15) is 5.10 Å². The lowest BCUT2D eigenvalue weighted by molar-refractivity contribution is -0.118. The summed E-state index contributed by atoms with van der Waals surface area (Å²) in [6.07, 6.45) is 1.64. The molecule has 0 aliphatic heterocycles. The number of rotatable bonds is 7. The highest BCUT2D eigenvalue weighted by Crippen LogP contribution is 2.20. The van der Waals surface area contributed by atoms with Gasteiger partial charge in [-0.3, -0.25) is 4.79 Å². The lowest BCUT2D eigenvalue weighted by atomic mass is 10.2. The average molecular weight is 474 g/mol. The van der Waals surface area contributed by atoms with Crippen LogP contribution in [0, 0.1) is 19.7 Å². The minimum absolute atomic E-state index is 0.145. The number of hydrogen-bond donors (Lipinski definition) is 1. The van der Waals surface area contributed by atoms with Crippen LogP contribution in [0.15, 0.2) is 64.2 Å². The van der Waals surface area contributed by atoms with Crippen LogP contribution < -0.4 is 5.43 Å². The van der Waals surface area contributed by atoms with Crippen molar-refractivity contribution in [2.75, 3.05) is 5.75 Å². The monoisotopic (exact) mass is 473 g/mol. The van der Waals surface area contributed by atoms with Gasteiger partial charge < -0.3 is 4.57 Å². The Hall–Kier alpha value is -2.38. The molecule has 1 amide bonds. The van der Waals surface area contributed by atoms with Crippen LogP contribution in [0.4, 0.5) is 4.39 Å². The summed E-state index contributed by atoms with van der Waals surface area (Å²) >= 11 is 4.98. The molecule has 0 aliphatic carbocycles. The predicted octanol–water partition coefficient (Wildman–Crippen LogP) is 5.38. The molecule has 0 saturated heterocycles. The molecule has 1 heterocycles. The molecular formula is C22H21BrFN3OS. The second-order valence-corrected chi connectivity index (χ2v) is 8.46. The van der Waals surface area contributed by atoms with Crippen LogP contribution in [0.1, 0.15) is 22.5 Å². The van der Waals surface area contributed by atoms with Gasteiger partial charge in [0.1, 0.15) is 5.82 Å². The van der Waals surface area contributed by atoms with Gasteiger partial charge in [-0.05, 0) is 61.9 Å². The molecule has 0 unspecified atom stereocenters. The highest BCUT2D eigenvalue weighted by molar-refractivity contribution is 9.10. The maximum atomic E-state index is 13.2. The van der Waals surface area contributed by atoms with Gasteiger partial charge in [-0.15, -0.1) is 11.8 Å². The van der Waals surface area contributed by atoms with Crippen molar-refractivity contribution in [3.8, 4) is 5.69 Å². The van der Waals surface area contributed by atoms with Crippen LogP contribution in [0.3, 0.4) is 0 Å². The quantitative estimate of drug-likeness (QED) is 0.369. The van der Waals surface area contributed by atoms with Gasteiger partial charge in [0.05, 0.1) is 12.0 Å². The molecule has 150 valence electrons. The Morgan fingerprint density at radius 2 is 1.97 bits per heavy atom. The highest BCUT2D eigenvalue weighted by atomic mass is 79.9. The minimum atomic E-state index is -0.265. The number of hydrazone groups is 1. The first-order chi connectivity index (χ1) is 13.9. The first-order valence-corrected chi connectivity index (χ1v) is 11.0. The summed E-state index contributed by atoms with van der Waals surface area (Å²) in [5.74, 6) is 0.681. The maximum Gasteiger partial charge on any atom is 0.250 e. The topological polar surface area (TPSA) is 46.4 Å². The van der Waals surface area contributed by atoms with E-state index in [0.29, 0.717) is 5.75 Å². The summed E-state index contributed by atoms with van der Waals surface area (Å²) in [6, 6.07) is 16.4. The molecule has 0 radical (unpaired) electrons. The molecule has 0 spiro atoms. The van der Waals surface area contributed by atoms with E-state index >= 15 is 0 Å². The fraction of sp³-hybridized carbons (Fsp3) is 0.182. The average Bonchev–Trinajstić information content (AvgIpc) is 2.96. The first kappa shape index (κ1) is 21.3. The molecule has 4 nitrogen and oxygen atoms in total. The fourth-order valence-corrected chi connectivity index (χ4v) is 4.21. The van der Waals surface area contributed by atoms with Crippen LogP contribution in [-0.2, 0) is 10.5 Å². The van der Waals surface area contributed by atoms with Crippen molar-refractivity contribution < 1.29 is 9.18 Å². The highest BCUT2D eigenvalue weighted by Gasteiger charge is 2.09. The van der Waals surface area contributed by atoms with E-state index in [-0.39, 0.29) is 11.7 Å². The second-order valence-electron chi connectivity index (χ2n) is 6.55. The van der Waals surface area contributed by atoms with E-state index in [1.54, 1.807) is 18.3 Å². The number of carbonyl (C=O) groups is 1. The molecule has 1 N–H and O–H groups in total. The molecule has 3 rings (SSSR count). The number of thioether (sulfide) groups is 1. The predicted molar refractivity (Wildman–Crippen MR) is 121 cm³/mol. The smallest absolute Gasteiger partial charge is 0.250 e. The van der Waals surface area contributed by atoms with E-state index in [9.17, 15) is 9.18 Å². The zero-order valence-electron chi connectivity index (χ0n) is 16.2. The number of halogens is 2. The molecule has 7 heteroatoms. The van der Waals surface area contributed by atoms with Gasteiger partial charge in [0.2, 0.25) is 5.91 Å². The molecule has 0 bridgehead atoms. The third-order valence-corrected chi connectivity index (χ3v) is 5.84. The Bertz CT molecular complexity index is 1030. The van der Waals surface area contributed by atoms with Crippen molar-refractivity contribution in [1.29, 1.82) is 0 Å². The van der Waals surface area contributed by atoms with Crippen LogP contribution in [-0.4, -0.2) is 22.4 Å². The molecule has 3 aromatic rings. The maximum absolute atomic E-state index is 13.2. The Morgan fingerprint density at radius 3 is 2.69 bits per heavy atom. The molecule has 0 aliphatic rings. The van der Waals surface area contributed by atoms with E-state index in [1.807, 2.05) is 48.7 Å². The van der Waals surface area contributed by atoms with Crippen LogP contribution in [0.2, 0.25) is 0 Å². The van der Waals surface area contributed by atoms with E-state index in [4.69, 9.17) is 0 Å². The van der Waals surface area contributed by atoms with Crippen molar-refractivity contribution in [3.05, 3.63) is 87.4 Å². The second kappa shape index (κ2) is 9.89. The number of amides is 1. The normalized spacial score (nSPS) is 11.2. The Balaban J connectivity index is 1.55. The molecular weight excluding hydrogens is 453 g/mol. The van der Waals surface area contributed by atoms with Gasteiger partial charge in [-0.25, -0.2) is 9.82 Å². The summed E-state index contributed by atoms with van der Waals surface area (Å²) in [5, 5.41) is 4.09. The third kappa shape index (κ3) is 5.81. The largest absolute Gasteiger partial charge is 0.318 e. The summed E-state index contributed by atoms with van der Waals surface area (Å²) in [7, 11) is 0. The molecule has 2 aromatic carbocycles. The SMILES string of the molecule is Cc1cc(/C=N/NC(=O)CSCc2cccc(Br)c2)c(C)n1-c1ccc(F)cc1. The summed E-state index contributed by atoms with van der Waals surface area (Å²) < 4.78 is 16.2. The molecule has 0 saturated carbocycles. The number of carbonyl (C=O) groups excluding carboxylic acids is 1. The third-order valence-electron chi connectivity index (χ3n) is 4.34. The Morgan fingerprint density at radius 1 is 1.21 bits per heavy atom. The Labute approximate surface area is 182 Å². The number of hydrogen-bond acceptors (Lipinski definition) is 3. The summed E-state index contributed by atoms with van der Waals surface area (Å²) in [6.45, 7) is 3.94. The van der Waals surface area contributed by atoms with Gasteiger partial charge in [-0.1, -0.05) is 28.1 Å². The number of benzene rings is 2. The van der Waals surface area contributed by atoms with Crippen molar-refractivity contribution in [2.24, 2.45) is 5.10 Å². The first-order valence-electron chi connectivity index (χ1n) is 9.03. The Kier molecular flexibility index (Phi) is 7.28. The van der Waals surface area contributed by atoms with Crippen LogP contribution >= 0.6 is 27.7 Å². The van der Waals surface area contributed by atoms with Crippen LogP contribution in [0.5, 0.6) is 0 Å². The van der Waals surface area contributed by atoms with E-state index in [2.05, 4.69) is 26.5 Å². The summed E-state index contributed by atoms with van der Waals surface area (Å²) in [4.78, 5) is 12.0. The molecule has 29 heavy (non-hydrogen) atoms. The van der Waals surface area contributed by atoms with Gasteiger partial charge in [0.25, 0.3) is 0 Å². The zero-order valence-corrected chi connectivity index (χ0v) is 18.6. The van der Waals surface area contributed by atoms with E-state index in [0.717, 1.165) is 38.4 Å². The number of nitrogens with zero attached hydrogens (tertiary/aromatic N) is 2.